The van der Waals surface area contributed by atoms with Crippen molar-refractivity contribution in [2.45, 2.75) is 5.60 Å². The number of hydrogen-bond donors (Lipinski definition) is 3. The second-order valence-electron chi connectivity index (χ2n) is 7.60. The van der Waals surface area contributed by atoms with Crippen molar-refractivity contribution < 1.29 is 33.6 Å². The molecule has 0 fully saturated rings. The fourth-order valence-corrected chi connectivity index (χ4v) is 4.82. The Bertz CT molecular complexity index is 1370. The molecular weight excluding hydrogens is 487 g/mol. The standard InChI is InChI=1S/C23H16Cl2N2O7/c1-31-13-6-11-19(15(24)17(13)26)33-20-12(7-14(32-2)18(27)16(20)25)23(11)10-5-8(21(28)29)3-4-9(10)22(30)34-23/h3-7H,26-27H2,1-2H3,(H,28,29). The van der Waals surface area contributed by atoms with Crippen LogP contribution in [0.25, 0.3) is 0 Å². The zero-order chi connectivity index (χ0) is 24.5. The summed E-state index contributed by atoms with van der Waals surface area (Å²) in [5.41, 5.74) is 11.6. The molecule has 0 aromatic heterocycles. The van der Waals surface area contributed by atoms with Crippen LogP contribution in [0, 0.1) is 0 Å². The van der Waals surface area contributed by atoms with E-state index in [9.17, 15) is 14.7 Å². The molecule has 3 aromatic rings. The number of nitrogen functional groups attached to an aromatic ring is 2. The van der Waals surface area contributed by atoms with Crippen molar-refractivity contribution >= 4 is 46.5 Å². The van der Waals surface area contributed by atoms with Gasteiger partial charge in [0.15, 0.2) is 17.1 Å². The highest BCUT2D eigenvalue weighted by Crippen LogP contribution is 2.62. The number of ether oxygens (including phenoxy) is 4. The number of halogens is 2. The van der Waals surface area contributed by atoms with Crippen molar-refractivity contribution in [1.29, 1.82) is 0 Å². The number of carboxylic acid groups (broad SMARTS) is 1. The Morgan fingerprint density at radius 2 is 1.47 bits per heavy atom. The topological polar surface area (TPSA) is 143 Å². The lowest BCUT2D eigenvalue weighted by molar-refractivity contribution is 0.0223. The number of carbonyl (C=O) groups is 2. The fourth-order valence-electron chi connectivity index (χ4n) is 4.35. The molecule has 0 amide bonds. The molecular formula is C23H16Cl2N2O7. The van der Waals surface area contributed by atoms with E-state index in [-0.39, 0.29) is 72.2 Å². The minimum atomic E-state index is -1.71. The number of benzene rings is 3. The molecule has 5 rings (SSSR count). The molecule has 5 N–H and O–H groups in total. The summed E-state index contributed by atoms with van der Waals surface area (Å²) in [6.07, 6.45) is 0. The van der Waals surface area contributed by atoms with Crippen LogP contribution in [0.1, 0.15) is 37.4 Å². The lowest BCUT2D eigenvalue weighted by atomic mass is 9.76. The molecule has 1 spiro atoms. The number of nitrogens with two attached hydrogens (primary N) is 2. The Kier molecular flexibility index (Phi) is 4.75. The van der Waals surface area contributed by atoms with Crippen LogP contribution in [0.5, 0.6) is 23.0 Å². The zero-order valence-electron chi connectivity index (χ0n) is 17.7. The second-order valence-corrected chi connectivity index (χ2v) is 8.36. The maximum atomic E-state index is 13.1. The smallest absolute Gasteiger partial charge is 0.340 e. The highest BCUT2D eigenvalue weighted by molar-refractivity contribution is 6.36. The highest BCUT2D eigenvalue weighted by Gasteiger charge is 2.55. The van der Waals surface area contributed by atoms with Gasteiger partial charge in [0.2, 0.25) is 0 Å². The van der Waals surface area contributed by atoms with Crippen LogP contribution in [0.3, 0.4) is 0 Å². The van der Waals surface area contributed by atoms with E-state index < -0.39 is 17.5 Å². The SMILES string of the molecule is COc1cc2c(c(Cl)c1N)Oc1c(cc(OC)c(N)c1Cl)C21OC(=O)c2ccc(C(=O)O)cc21. The summed E-state index contributed by atoms with van der Waals surface area (Å²) in [4.78, 5) is 24.8. The second kappa shape index (κ2) is 7.34. The van der Waals surface area contributed by atoms with E-state index in [1.54, 1.807) is 0 Å². The zero-order valence-corrected chi connectivity index (χ0v) is 19.2. The molecule has 34 heavy (non-hydrogen) atoms. The number of aromatic carboxylic acids is 1. The van der Waals surface area contributed by atoms with Gasteiger partial charge < -0.3 is 35.5 Å². The fraction of sp³-hybridized carbons (Fsp3) is 0.130. The van der Waals surface area contributed by atoms with Gasteiger partial charge in [-0.15, -0.1) is 0 Å². The van der Waals surface area contributed by atoms with Crippen LogP contribution in [0.4, 0.5) is 11.4 Å². The van der Waals surface area contributed by atoms with Gasteiger partial charge in [-0.25, -0.2) is 9.59 Å². The average Bonchev–Trinajstić information content (AvgIpc) is 3.11. The number of fused-ring (bicyclic) bond motifs is 6. The molecule has 0 radical (unpaired) electrons. The van der Waals surface area contributed by atoms with Gasteiger partial charge in [0.25, 0.3) is 0 Å². The third-order valence-electron chi connectivity index (χ3n) is 5.96. The maximum Gasteiger partial charge on any atom is 0.340 e. The summed E-state index contributed by atoms with van der Waals surface area (Å²) in [7, 11) is 2.80. The summed E-state index contributed by atoms with van der Waals surface area (Å²) >= 11 is 13.1. The quantitative estimate of drug-likeness (QED) is 0.349. The van der Waals surface area contributed by atoms with Crippen molar-refractivity contribution in [1.82, 2.24) is 0 Å². The maximum absolute atomic E-state index is 13.1. The predicted molar refractivity (Wildman–Crippen MR) is 124 cm³/mol. The minimum absolute atomic E-state index is 0.0104. The lowest BCUT2D eigenvalue weighted by Crippen LogP contribution is -2.34. The first-order chi connectivity index (χ1) is 16.1. The van der Waals surface area contributed by atoms with Gasteiger partial charge in [-0.05, 0) is 30.3 Å². The van der Waals surface area contributed by atoms with Crippen LogP contribution in [-0.4, -0.2) is 31.3 Å². The van der Waals surface area contributed by atoms with Gasteiger partial charge in [-0.3, -0.25) is 0 Å². The molecule has 9 nitrogen and oxygen atoms in total. The van der Waals surface area contributed by atoms with Crippen molar-refractivity contribution in [3.63, 3.8) is 0 Å². The largest absolute Gasteiger partial charge is 0.495 e. The first-order valence-electron chi connectivity index (χ1n) is 9.77. The van der Waals surface area contributed by atoms with E-state index in [0.29, 0.717) is 0 Å². The van der Waals surface area contributed by atoms with E-state index in [1.807, 2.05) is 0 Å². The molecule has 2 aliphatic rings. The Hall–Kier alpha value is -3.82. The number of anilines is 2. The van der Waals surface area contributed by atoms with Crippen LogP contribution >= 0.6 is 23.2 Å². The summed E-state index contributed by atoms with van der Waals surface area (Å²) in [6, 6.07) is 7.10. The minimum Gasteiger partial charge on any atom is -0.495 e. The monoisotopic (exact) mass is 502 g/mol. The van der Waals surface area contributed by atoms with Gasteiger partial charge in [0, 0.05) is 5.56 Å². The molecule has 2 heterocycles. The van der Waals surface area contributed by atoms with Crippen molar-refractivity contribution in [3.05, 3.63) is 68.2 Å². The Morgan fingerprint density at radius 3 is 1.94 bits per heavy atom. The van der Waals surface area contributed by atoms with Gasteiger partial charge in [0.1, 0.15) is 21.5 Å². The molecule has 0 saturated heterocycles. The molecule has 0 unspecified atom stereocenters. The molecule has 2 aliphatic heterocycles. The van der Waals surface area contributed by atoms with E-state index in [1.165, 1.54) is 44.6 Å². The van der Waals surface area contributed by atoms with Crippen LogP contribution in [-0.2, 0) is 10.3 Å². The van der Waals surface area contributed by atoms with Gasteiger partial charge >= 0.3 is 11.9 Å². The molecule has 0 aliphatic carbocycles. The van der Waals surface area contributed by atoms with Crippen LogP contribution in [0.2, 0.25) is 10.0 Å². The summed E-state index contributed by atoms with van der Waals surface area (Å²) in [6.45, 7) is 0. The molecule has 0 atom stereocenters. The van der Waals surface area contributed by atoms with Crippen molar-refractivity contribution in [3.8, 4) is 23.0 Å². The average molecular weight is 503 g/mol. The third-order valence-corrected chi connectivity index (χ3v) is 6.71. The number of rotatable bonds is 3. The Morgan fingerprint density at radius 1 is 0.941 bits per heavy atom. The van der Waals surface area contributed by atoms with Crippen LogP contribution < -0.4 is 25.7 Å². The molecule has 11 heteroatoms. The number of carbonyl (C=O) groups excluding carboxylic acids is 1. The Balaban J connectivity index is 1.98. The molecule has 0 saturated carbocycles. The normalized spacial score (nSPS) is 14.5. The van der Waals surface area contributed by atoms with Gasteiger partial charge in [0.05, 0.1) is 47.8 Å². The first kappa shape index (κ1) is 22.0. The highest BCUT2D eigenvalue weighted by atomic mass is 35.5. The number of hydrogen-bond acceptors (Lipinski definition) is 8. The first-order valence-corrected chi connectivity index (χ1v) is 10.5. The van der Waals surface area contributed by atoms with E-state index in [2.05, 4.69) is 0 Å². The number of methoxy groups -OCH3 is 2. The van der Waals surface area contributed by atoms with Gasteiger partial charge in [-0.2, -0.15) is 0 Å². The lowest BCUT2D eigenvalue weighted by Gasteiger charge is -2.38. The van der Waals surface area contributed by atoms with E-state index in [0.717, 1.165) is 0 Å². The molecule has 3 aromatic carbocycles. The predicted octanol–water partition coefficient (Wildman–Crippen LogP) is 4.44. The summed E-state index contributed by atoms with van der Waals surface area (Å²) in [5, 5.41) is 9.60. The van der Waals surface area contributed by atoms with E-state index in [4.69, 9.17) is 53.6 Å². The van der Waals surface area contributed by atoms with E-state index >= 15 is 0 Å². The summed E-state index contributed by atoms with van der Waals surface area (Å²) < 4.78 is 22.8. The third kappa shape index (κ3) is 2.68. The van der Waals surface area contributed by atoms with Gasteiger partial charge in [-0.1, -0.05) is 23.2 Å². The Labute approximate surface area is 202 Å². The van der Waals surface area contributed by atoms with Crippen LogP contribution in [0.15, 0.2) is 30.3 Å². The number of carboxylic acids is 1. The van der Waals surface area contributed by atoms with Crippen molar-refractivity contribution in [2.75, 3.05) is 25.7 Å². The molecule has 0 bridgehead atoms. The molecule has 174 valence electrons. The van der Waals surface area contributed by atoms with Crippen molar-refractivity contribution in [2.24, 2.45) is 0 Å². The summed E-state index contributed by atoms with van der Waals surface area (Å²) in [5.74, 6) is -1.37. The number of esters is 1.